The summed E-state index contributed by atoms with van der Waals surface area (Å²) in [4.78, 5) is 4.44. The number of hydrogen-bond acceptors (Lipinski definition) is 3. The lowest BCUT2D eigenvalue weighted by Crippen LogP contribution is -1.82. The van der Waals surface area contributed by atoms with Gasteiger partial charge in [0.2, 0.25) is 0 Å². The van der Waals surface area contributed by atoms with Crippen molar-refractivity contribution < 1.29 is 4.84 Å². The molecule has 3 heteroatoms. The van der Waals surface area contributed by atoms with Crippen LogP contribution in [0.15, 0.2) is 22.2 Å². The van der Waals surface area contributed by atoms with E-state index >= 15 is 0 Å². The molecule has 0 N–H and O–H groups in total. The van der Waals surface area contributed by atoms with Crippen LogP contribution in [0.4, 0.5) is 0 Å². The summed E-state index contributed by atoms with van der Waals surface area (Å²) in [7, 11) is 1.49. The van der Waals surface area contributed by atoms with E-state index in [1.165, 1.54) is 7.11 Å². The van der Waals surface area contributed by atoms with Gasteiger partial charge < -0.3 is 4.84 Å². The Kier molecular flexibility index (Phi) is 5.43. The molecule has 0 amide bonds. The average molecular weight is 156 g/mol. The molecule has 0 saturated heterocycles. The zero-order chi connectivity index (χ0) is 8.69. The molecule has 0 aromatic rings. The second-order valence-electron chi connectivity index (χ2n) is 2.84. The van der Waals surface area contributed by atoms with Gasteiger partial charge in [0, 0.05) is 5.28 Å². The van der Waals surface area contributed by atoms with Crippen molar-refractivity contribution in [3.05, 3.63) is 11.8 Å². The maximum atomic E-state index is 4.44. The summed E-state index contributed by atoms with van der Waals surface area (Å²) in [5, 5.41) is 7.18. The molecule has 0 aliphatic carbocycles. The molecule has 0 aromatic carbocycles. The molecule has 0 rings (SSSR count). The Morgan fingerprint density at radius 3 is 2.64 bits per heavy atom. The van der Waals surface area contributed by atoms with Crippen molar-refractivity contribution in [1.29, 1.82) is 0 Å². The standard InChI is InChI=1S/C8H16N2O/c1-7(2)5-6-8(3)9-10-11-4/h6-7H,5H2,1-4H3/b8-6-,10-9-. The fourth-order valence-electron chi connectivity index (χ4n) is 0.552. The van der Waals surface area contributed by atoms with Crippen molar-refractivity contribution in [1.82, 2.24) is 0 Å². The minimum atomic E-state index is 0.669. The molecule has 0 atom stereocenters. The van der Waals surface area contributed by atoms with Crippen LogP contribution in [0.25, 0.3) is 0 Å². The first-order chi connectivity index (χ1) is 5.16. The first kappa shape index (κ1) is 10.1. The van der Waals surface area contributed by atoms with Gasteiger partial charge in [-0.15, -0.1) is 5.11 Å². The Labute approximate surface area is 68.1 Å². The van der Waals surface area contributed by atoms with E-state index in [9.17, 15) is 0 Å². The maximum Gasteiger partial charge on any atom is 0.108 e. The molecule has 0 heterocycles. The minimum Gasteiger partial charge on any atom is -0.383 e. The zero-order valence-corrected chi connectivity index (χ0v) is 7.66. The molecule has 0 unspecified atom stereocenters. The van der Waals surface area contributed by atoms with Gasteiger partial charge in [0.05, 0.1) is 5.70 Å². The monoisotopic (exact) mass is 156 g/mol. The molecule has 0 aliphatic rings. The summed E-state index contributed by atoms with van der Waals surface area (Å²) >= 11 is 0. The smallest absolute Gasteiger partial charge is 0.108 e. The SMILES string of the molecule is CO/N=N\C(C)=C/CC(C)C. The Bertz CT molecular complexity index is 150. The van der Waals surface area contributed by atoms with Crippen LogP contribution in [0.3, 0.4) is 0 Å². The van der Waals surface area contributed by atoms with Gasteiger partial charge in [0.15, 0.2) is 0 Å². The third-order valence-corrected chi connectivity index (χ3v) is 1.16. The van der Waals surface area contributed by atoms with Crippen LogP contribution >= 0.6 is 0 Å². The van der Waals surface area contributed by atoms with E-state index in [4.69, 9.17) is 0 Å². The summed E-state index contributed by atoms with van der Waals surface area (Å²) in [5.74, 6) is 0.669. The van der Waals surface area contributed by atoms with Gasteiger partial charge in [-0.05, 0) is 19.3 Å². The van der Waals surface area contributed by atoms with Gasteiger partial charge in [-0.2, -0.15) is 0 Å². The van der Waals surface area contributed by atoms with Gasteiger partial charge >= 0.3 is 0 Å². The van der Waals surface area contributed by atoms with Gasteiger partial charge in [0.25, 0.3) is 0 Å². The van der Waals surface area contributed by atoms with E-state index in [-0.39, 0.29) is 0 Å². The summed E-state index contributed by atoms with van der Waals surface area (Å²) in [6.07, 6.45) is 3.09. The molecule has 0 fully saturated rings. The van der Waals surface area contributed by atoms with Crippen molar-refractivity contribution >= 4 is 0 Å². The Hall–Kier alpha value is -0.860. The quantitative estimate of drug-likeness (QED) is 0.455. The summed E-state index contributed by atoms with van der Waals surface area (Å²) in [5.41, 5.74) is 0.903. The van der Waals surface area contributed by atoms with Gasteiger partial charge in [-0.25, -0.2) is 0 Å². The van der Waals surface area contributed by atoms with Crippen molar-refractivity contribution in [2.75, 3.05) is 7.11 Å². The van der Waals surface area contributed by atoms with Gasteiger partial charge in [-0.3, -0.25) is 0 Å². The van der Waals surface area contributed by atoms with Crippen LogP contribution in [0, 0.1) is 5.92 Å². The molecule has 3 nitrogen and oxygen atoms in total. The Morgan fingerprint density at radius 2 is 2.18 bits per heavy atom. The molecule has 11 heavy (non-hydrogen) atoms. The van der Waals surface area contributed by atoms with Crippen LogP contribution < -0.4 is 0 Å². The van der Waals surface area contributed by atoms with Crippen LogP contribution in [-0.4, -0.2) is 7.11 Å². The van der Waals surface area contributed by atoms with Crippen molar-refractivity contribution in [3.63, 3.8) is 0 Å². The molecular weight excluding hydrogens is 140 g/mol. The molecule has 0 spiro atoms. The van der Waals surface area contributed by atoms with E-state index in [0.717, 1.165) is 12.1 Å². The highest BCUT2D eigenvalue weighted by molar-refractivity contribution is 4.94. The highest BCUT2D eigenvalue weighted by Gasteiger charge is 1.89. The summed E-state index contributed by atoms with van der Waals surface area (Å²) < 4.78 is 0. The van der Waals surface area contributed by atoms with Gasteiger partial charge in [-0.1, -0.05) is 19.9 Å². The largest absolute Gasteiger partial charge is 0.383 e. The lowest BCUT2D eigenvalue weighted by atomic mass is 10.1. The third kappa shape index (κ3) is 7.03. The van der Waals surface area contributed by atoms with E-state index in [0.29, 0.717) is 5.92 Å². The molecule has 0 saturated carbocycles. The Morgan fingerprint density at radius 1 is 1.55 bits per heavy atom. The van der Waals surface area contributed by atoms with Crippen LogP contribution in [0.5, 0.6) is 0 Å². The predicted molar refractivity (Wildman–Crippen MR) is 45.1 cm³/mol. The third-order valence-electron chi connectivity index (χ3n) is 1.16. The highest BCUT2D eigenvalue weighted by Crippen LogP contribution is 2.05. The second-order valence-corrected chi connectivity index (χ2v) is 2.84. The summed E-state index contributed by atoms with van der Waals surface area (Å²) in [6, 6.07) is 0. The first-order valence-corrected chi connectivity index (χ1v) is 3.77. The normalized spacial score (nSPS) is 13.0. The topological polar surface area (TPSA) is 34.0 Å². The van der Waals surface area contributed by atoms with Crippen LogP contribution in [0.1, 0.15) is 27.2 Å². The molecule has 64 valence electrons. The van der Waals surface area contributed by atoms with Crippen molar-refractivity contribution in [2.24, 2.45) is 16.3 Å². The molecule has 0 aromatic heterocycles. The van der Waals surface area contributed by atoms with Crippen molar-refractivity contribution in [2.45, 2.75) is 27.2 Å². The van der Waals surface area contributed by atoms with E-state index in [1.807, 2.05) is 13.0 Å². The number of rotatable bonds is 4. The van der Waals surface area contributed by atoms with E-state index in [1.54, 1.807) is 0 Å². The van der Waals surface area contributed by atoms with Crippen molar-refractivity contribution in [3.8, 4) is 0 Å². The molecular formula is C8H16N2O. The average Bonchev–Trinajstić information content (AvgIpc) is 1.97. The molecule has 0 aliphatic heterocycles. The second kappa shape index (κ2) is 5.89. The number of nitrogens with zero attached hydrogens (tertiary/aromatic N) is 2. The van der Waals surface area contributed by atoms with E-state index < -0.39 is 0 Å². The lowest BCUT2D eigenvalue weighted by molar-refractivity contribution is 0.189. The number of hydrogen-bond donors (Lipinski definition) is 0. The van der Waals surface area contributed by atoms with Gasteiger partial charge in [0.1, 0.15) is 7.11 Å². The number of allylic oxidation sites excluding steroid dienone is 2. The zero-order valence-electron chi connectivity index (χ0n) is 7.66. The highest BCUT2D eigenvalue weighted by atomic mass is 16.6. The molecule has 0 radical (unpaired) electrons. The maximum absolute atomic E-state index is 4.44. The first-order valence-electron chi connectivity index (χ1n) is 3.77. The van der Waals surface area contributed by atoms with E-state index in [2.05, 4.69) is 29.1 Å². The van der Waals surface area contributed by atoms with Crippen LogP contribution in [-0.2, 0) is 4.84 Å². The fourth-order valence-corrected chi connectivity index (χ4v) is 0.552. The Balaban J connectivity index is 3.71. The minimum absolute atomic E-state index is 0.669. The van der Waals surface area contributed by atoms with Crippen LogP contribution in [0.2, 0.25) is 0 Å². The fraction of sp³-hybridized carbons (Fsp3) is 0.750. The molecule has 0 bridgehead atoms. The predicted octanol–water partition coefficient (Wildman–Crippen LogP) is 2.95. The summed E-state index contributed by atoms with van der Waals surface area (Å²) in [6.45, 7) is 6.24. The lowest BCUT2D eigenvalue weighted by Gasteiger charge is -1.96.